The topological polar surface area (TPSA) is 97.4 Å². The predicted octanol–water partition coefficient (Wildman–Crippen LogP) is 2.31. The normalized spacial score (nSPS) is 24.6. The monoisotopic (exact) mass is 405 g/mol. The second-order valence-electron chi connectivity index (χ2n) is 7.85. The summed E-state index contributed by atoms with van der Waals surface area (Å²) >= 11 is 0. The molecule has 1 saturated heterocycles. The van der Waals surface area contributed by atoms with Crippen molar-refractivity contribution in [1.29, 1.82) is 0 Å². The van der Waals surface area contributed by atoms with Crippen molar-refractivity contribution in [2.45, 2.75) is 38.9 Å². The molecule has 3 atom stereocenters. The zero-order valence-electron chi connectivity index (χ0n) is 16.4. The van der Waals surface area contributed by atoms with Gasteiger partial charge in [0.15, 0.2) is 11.6 Å². The van der Waals surface area contributed by atoms with Gasteiger partial charge in [0.2, 0.25) is 0 Å². The van der Waals surface area contributed by atoms with Crippen LogP contribution < -0.4 is 10.5 Å². The number of anilines is 1. The maximum atomic E-state index is 12.6. The van der Waals surface area contributed by atoms with E-state index in [0.29, 0.717) is 47.8 Å². The van der Waals surface area contributed by atoms with Gasteiger partial charge in [-0.05, 0) is 30.9 Å². The van der Waals surface area contributed by atoms with Gasteiger partial charge in [-0.3, -0.25) is 0 Å². The zero-order valence-corrected chi connectivity index (χ0v) is 16.4. The molecule has 3 heterocycles. The molecule has 1 aliphatic heterocycles. The zero-order chi connectivity index (χ0) is 20.7. The van der Waals surface area contributed by atoms with Crippen LogP contribution in [-0.4, -0.2) is 57.3 Å². The van der Waals surface area contributed by atoms with Gasteiger partial charge in [0.25, 0.3) is 0 Å². The van der Waals surface area contributed by atoms with Crippen LogP contribution in [0.3, 0.4) is 0 Å². The van der Waals surface area contributed by atoms with Gasteiger partial charge in [0.05, 0.1) is 11.8 Å². The van der Waals surface area contributed by atoms with Crippen LogP contribution in [-0.2, 0) is 6.42 Å². The molecule has 2 aromatic rings. The summed E-state index contributed by atoms with van der Waals surface area (Å²) in [6.45, 7) is 3.41. The van der Waals surface area contributed by atoms with Gasteiger partial charge >= 0.3 is 6.61 Å². The molecule has 2 aliphatic rings. The van der Waals surface area contributed by atoms with Crippen LogP contribution in [0.2, 0.25) is 0 Å². The van der Waals surface area contributed by atoms with Crippen molar-refractivity contribution in [3.05, 3.63) is 29.8 Å². The fourth-order valence-electron chi connectivity index (χ4n) is 4.36. The molecular formula is C20H25F2N5O2. The summed E-state index contributed by atoms with van der Waals surface area (Å²) in [6.07, 6.45) is 1.85. The molecule has 0 bridgehead atoms. The van der Waals surface area contributed by atoms with E-state index in [1.54, 1.807) is 6.92 Å². The molecule has 7 nitrogen and oxygen atoms in total. The maximum absolute atomic E-state index is 12.6. The van der Waals surface area contributed by atoms with Gasteiger partial charge < -0.3 is 20.5 Å². The summed E-state index contributed by atoms with van der Waals surface area (Å²) in [5.74, 6) is 1.89. The Bertz CT molecular complexity index is 883. The highest BCUT2D eigenvalue weighted by molar-refractivity contribution is 5.64. The molecular weight excluding hydrogens is 380 g/mol. The van der Waals surface area contributed by atoms with Crippen molar-refractivity contribution in [2.24, 2.45) is 11.8 Å². The fourth-order valence-corrected chi connectivity index (χ4v) is 4.36. The van der Waals surface area contributed by atoms with E-state index in [-0.39, 0.29) is 17.7 Å². The third-order valence-electron chi connectivity index (χ3n) is 5.64. The Balaban J connectivity index is 1.58. The van der Waals surface area contributed by atoms with Gasteiger partial charge in [-0.2, -0.15) is 8.78 Å². The lowest BCUT2D eigenvalue weighted by Crippen LogP contribution is -2.31. The van der Waals surface area contributed by atoms with E-state index in [2.05, 4.69) is 19.6 Å². The molecule has 29 heavy (non-hydrogen) atoms. The lowest BCUT2D eigenvalue weighted by Gasteiger charge is -2.20. The third-order valence-corrected chi connectivity index (χ3v) is 5.64. The highest BCUT2D eigenvalue weighted by Crippen LogP contribution is 2.57. The van der Waals surface area contributed by atoms with Crippen LogP contribution in [0.25, 0.3) is 11.3 Å². The smallest absolute Gasteiger partial charge is 0.387 e. The first-order valence-corrected chi connectivity index (χ1v) is 9.84. The summed E-state index contributed by atoms with van der Waals surface area (Å²) in [5.41, 5.74) is 7.82. The molecule has 3 N–H and O–H groups in total. The standard InChI is InChI=1S/C20H25F2N5O2/c1-3-17-25-14(11-4-16(29-20(21)22)19(23)24-6-11)5-15(26-17)18-12-8-27(7-10(2)28)9-13(12)18/h4-6,10,12-13,18,20,28H,3,7-9H2,1-2H3,(H2,23,24). The lowest BCUT2D eigenvalue weighted by molar-refractivity contribution is -0.0494. The van der Waals surface area contributed by atoms with Crippen LogP contribution in [0.4, 0.5) is 14.6 Å². The number of aromatic nitrogens is 3. The fraction of sp³-hybridized carbons (Fsp3) is 0.550. The molecule has 0 amide bonds. The molecule has 4 rings (SSSR count). The quantitative estimate of drug-likeness (QED) is 0.730. The molecule has 2 aromatic heterocycles. The number of hydrogen-bond acceptors (Lipinski definition) is 7. The molecule has 1 aliphatic carbocycles. The number of nitrogen functional groups attached to an aromatic ring is 1. The molecule has 0 radical (unpaired) electrons. The number of piperidine rings is 1. The number of aryl methyl sites for hydroxylation is 1. The van der Waals surface area contributed by atoms with Crippen LogP contribution in [0.5, 0.6) is 5.75 Å². The van der Waals surface area contributed by atoms with E-state index in [0.717, 1.165) is 18.8 Å². The lowest BCUT2D eigenvalue weighted by atomic mass is 10.1. The van der Waals surface area contributed by atoms with Crippen molar-refractivity contribution in [3.8, 4) is 17.0 Å². The highest BCUT2D eigenvalue weighted by atomic mass is 19.3. The molecule has 0 spiro atoms. The van der Waals surface area contributed by atoms with Gasteiger partial charge in [0.1, 0.15) is 5.82 Å². The largest absolute Gasteiger partial charge is 0.431 e. The third kappa shape index (κ3) is 4.16. The van der Waals surface area contributed by atoms with E-state index in [4.69, 9.17) is 10.7 Å². The van der Waals surface area contributed by atoms with Gasteiger partial charge in [-0.15, -0.1) is 0 Å². The Labute approximate surface area is 167 Å². The van der Waals surface area contributed by atoms with E-state index in [9.17, 15) is 13.9 Å². The second kappa shape index (κ2) is 7.79. The van der Waals surface area contributed by atoms with E-state index in [1.807, 2.05) is 13.0 Å². The number of ether oxygens (including phenoxy) is 1. The average molecular weight is 405 g/mol. The molecule has 3 unspecified atom stereocenters. The average Bonchev–Trinajstić information content (AvgIpc) is 3.18. The van der Waals surface area contributed by atoms with Gasteiger partial charge in [-0.1, -0.05) is 6.92 Å². The predicted molar refractivity (Wildman–Crippen MR) is 104 cm³/mol. The maximum Gasteiger partial charge on any atom is 0.387 e. The number of pyridine rings is 1. The number of nitrogens with two attached hydrogens (primary N) is 1. The van der Waals surface area contributed by atoms with Crippen molar-refractivity contribution in [3.63, 3.8) is 0 Å². The van der Waals surface area contributed by atoms with Gasteiger partial charge in [-0.25, -0.2) is 15.0 Å². The van der Waals surface area contributed by atoms with Crippen molar-refractivity contribution in [2.75, 3.05) is 25.4 Å². The summed E-state index contributed by atoms with van der Waals surface area (Å²) in [4.78, 5) is 15.5. The number of likely N-dealkylation sites (tertiary alicyclic amines) is 1. The van der Waals surface area contributed by atoms with E-state index < -0.39 is 6.61 Å². The number of fused-ring (bicyclic) bond motifs is 1. The molecule has 1 saturated carbocycles. The van der Waals surface area contributed by atoms with Crippen LogP contribution in [0.1, 0.15) is 31.3 Å². The van der Waals surface area contributed by atoms with E-state index in [1.165, 1.54) is 12.3 Å². The number of nitrogens with zero attached hydrogens (tertiary/aromatic N) is 4. The van der Waals surface area contributed by atoms with Crippen molar-refractivity contribution in [1.82, 2.24) is 19.9 Å². The van der Waals surface area contributed by atoms with Crippen molar-refractivity contribution >= 4 is 5.82 Å². The number of aliphatic hydroxyl groups excluding tert-OH is 1. The number of halogens is 2. The highest BCUT2D eigenvalue weighted by Gasteiger charge is 2.57. The molecule has 0 aromatic carbocycles. The number of rotatable bonds is 7. The first kappa shape index (κ1) is 19.9. The number of alkyl halides is 2. The number of β-amino-alcohol motifs (C(OH)–C–C–N with tert-alkyl or cyclic N) is 1. The number of hydrogen-bond donors (Lipinski definition) is 2. The van der Waals surface area contributed by atoms with Gasteiger partial charge in [0, 0.05) is 49.4 Å². The van der Waals surface area contributed by atoms with Crippen LogP contribution >= 0.6 is 0 Å². The summed E-state index contributed by atoms with van der Waals surface area (Å²) in [5, 5.41) is 9.59. The number of aliphatic hydroxyl groups is 1. The van der Waals surface area contributed by atoms with Crippen LogP contribution in [0, 0.1) is 11.8 Å². The minimum absolute atomic E-state index is 0.0889. The Kier molecular flexibility index (Phi) is 5.35. The Morgan fingerprint density at radius 3 is 2.62 bits per heavy atom. The minimum atomic E-state index is -2.98. The Morgan fingerprint density at radius 2 is 2.00 bits per heavy atom. The molecule has 9 heteroatoms. The summed E-state index contributed by atoms with van der Waals surface area (Å²) < 4.78 is 29.7. The van der Waals surface area contributed by atoms with Crippen LogP contribution in [0.15, 0.2) is 18.3 Å². The first-order valence-electron chi connectivity index (χ1n) is 9.84. The molecule has 2 fully saturated rings. The summed E-state index contributed by atoms with van der Waals surface area (Å²) in [6, 6.07) is 3.36. The Morgan fingerprint density at radius 1 is 1.28 bits per heavy atom. The Hall–Kier alpha value is -2.39. The van der Waals surface area contributed by atoms with Crippen molar-refractivity contribution < 1.29 is 18.6 Å². The SMILES string of the molecule is CCc1nc(-c2cnc(N)c(OC(F)F)c2)cc(C2C3CN(CC(C)O)CC32)n1. The first-order chi connectivity index (χ1) is 13.9. The van der Waals surface area contributed by atoms with E-state index >= 15 is 0 Å². The minimum Gasteiger partial charge on any atom is -0.431 e. The second-order valence-corrected chi connectivity index (χ2v) is 7.85. The summed E-state index contributed by atoms with van der Waals surface area (Å²) in [7, 11) is 0. The molecule has 156 valence electrons.